The van der Waals surface area contributed by atoms with Gasteiger partial charge in [0.25, 0.3) is 0 Å². The van der Waals surface area contributed by atoms with Crippen molar-refractivity contribution >= 4 is 22.8 Å². The second-order valence-corrected chi connectivity index (χ2v) is 2.30. The molecule has 0 nitrogen and oxygen atoms in total. The average molecular weight is 148 g/mol. The lowest BCUT2D eigenvalue weighted by molar-refractivity contribution is 1.60. The van der Waals surface area contributed by atoms with E-state index in [9.17, 15) is 0 Å². The Morgan fingerprint density at radius 2 is 1.90 bits per heavy atom. The number of benzene rings is 1. The summed E-state index contributed by atoms with van der Waals surface area (Å²) in [4.78, 5) is 0. The van der Waals surface area contributed by atoms with E-state index in [1.807, 2.05) is 37.3 Å². The van der Waals surface area contributed by atoms with E-state index in [-0.39, 0.29) is 0 Å². The summed E-state index contributed by atoms with van der Waals surface area (Å²) in [5.41, 5.74) is 2.17. The molecule has 0 fully saturated rings. The summed E-state index contributed by atoms with van der Waals surface area (Å²) in [6.45, 7) is 1.96. The maximum atomic E-state index is 4.67. The van der Waals surface area contributed by atoms with Crippen LogP contribution in [0.25, 0.3) is 5.57 Å². The number of hydrogen-bond acceptors (Lipinski definition) is 1. The highest BCUT2D eigenvalue weighted by Crippen LogP contribution is 2.08. The fraction of sp³-hybridized carbons (Fsp3) is 0.111. The van der Waals surface area contributed by atoms with Crippen LogP contribution < -0.4 is 0 Å². The number of thiocarbonyl (C=S) groups is 1. The van der Waals surface area contributed by atoms with E-state index in [4.69, 9.17) is 0 Å². The molecule has 0 spiro atoms. The molecule has 0 aliphatic rings. The van der Waals surface area contributed by atoms with E-state index in [1.54, 1.807) is 0 Å². The molecule has 0 aliphatic heterocycles. The SMILES string of the molecule is CC(=C=S)c1ccccc1. The summed E-state index contributed by atoms with van der Waals surface area (Å²) in [5, 5.41) is 2.68. The van der Waals surface area contributed by atoms with Crippen molar-refractivity contribution < 1.29 is 0 Å². The Labute approximate surface area is 66.2 Å². The molecule has 0 saturated heterocycles. The molecule has 0 bridgehead atoms. The molecule has 10 heavy (non-hydrogen) atoms. The van der Waals surface area contributed by atoms with Gasteiger partial charge in [-0.15, -0.1) is 0 Å². The van der Waals surface area contributed by atoms with Gasteiger partial charge in [0.05, 0.1) is 0 Å². The molecule has 0 radical (unpaired) electrons. The molecule has 50 valence electrons. The first-order valence-electron chi connectivity index (χ1n) is 3.11. The molecule has 0 N–H and O–H groups in total. The molecular weight excluding hydrogens is 140 g/mol. The molecule has 0 heterocycles. The van der Waals surface area contributed by atoms with Crippen LogP contribution in [0.15, 0.2) is 30.3 Å². The van der Waals surface area contributed by atoms with Gasteiger partial charge in [0.15, 0.2) is 0 Å². The van der Waals surface area contributed by atoms with Crippen LogP contribution in [-0.4, -0.2) is 5.02 Å². The Kier molecular flexibility index (Phi) is 2.38. The maximum Gasteiger partial charge on any atom is 0.00966 e. The minimum atomic E-state index is 1.02. The van der Waals surface area contributed by atoms with Crippen molar-refractivity contribution in [3.8, 4) is 0 Å². The predicted octanol–water partition coefficient (Wildman–Crippen LogP) is 2.69. The lowest BCUT2D eigenvalue weighted by atomic mass is 10.1. The summed E-state index contributed by atoms with van der Waals surface area (Å²) in [6, 6.07) is 10.0. The van der Waals surface area contributed by atoms with Gasteiger partial charge in [-0.25, -0.2) is 0 Å². The van der Waals surface area contributed by atoms with Crippen LogP contribution in [0.1, 0.15) is 12.5 Å². The Hall–Kier alpha value is -0.910. The first kappa shape index (κ1) is 7.20. The average Bonchev–Trinajstić information content (AvgIpc) is 2.05. The van der Waals surface area contributed by atoms with Gasteiger partial charge in [0.1, 0.15) is 0 Å². The van der Waals surface area contributed by atoms with Crippen LogP contribution in [0.2, 0.25) is 0 Å². The number of rotatable bonds is 1. The molecular formula is C9H8S. The third-order valence-electron chi connectivity index (χ3n) is 1.36. The van der Waals surface area contributed by atoms with E-state index >= 15 is 0 Å². The molecule has 1 aromatic rings. The Balaban J connectivity index is 3.08. The molecule has 0 amide bonds. The Bertz CT molecular complexity index is 255. The van der Waals surface area contributed by atoms with E-state index < -0.39 is 0 Å². The van der Waals surface area contributed by atoms with Gasteiger partial charge in [0.2, 0.25) is 0 Å². The van der Waals surface area contributed by atoms with Crippen LogP contribution in [0.4, 0.5) is 0 Å². The fourth-order valence-electron chi connectivity index (χ4n) is 0.747. The minimum Gasteiger partial charge on any atom is -0.0622 e. The highest BCUT2D eigenvalue weighted by Gasteiger charge is 1.89. The zero-order chi connectivity index (χ0) is 7.40. The van der Waals surface area contributed by atoms with Crippen LogP contribution >= 0.6 is 12.2 Å². The topological polar surface area (TPSA) is 0 Å². The molecule has 0 aliphatic carbocycles. The first-order chi connectivity index (χ1) is 4.84. The normalized spacial score (nSPS) is 8.50. The van der Waals surface area contributed by atoms with Gasteiger partial charge in [-0.2, -0.15) is 0 Å². The van der Waals surface area contributed by atoms with Crippen molar-refractivity contribution in [1.29, 1.82) is 0 Å². The van der Waals surface area contributed by atoms with Crippen LogP contribution in [0.3, 0.4) is 0 Å². The van der Waals surface area contributed by atoms with E-state index in [1.165, 1.54) is 0 Å². The minimum absolute atomic E-state index is 1.02. The lowest BCUT2D eigenvalue weighted by Crippen LogP contribution is -1.75. The van der Waals surface area contributed by atoms with Crippen LogP contribution in [0.5, 0.6) is 0 Å². The Morgan fingerprint density at radius 1 is 1.30 bits per heavy atom. The smallest absolute Gasteiger partial charge is 0.00966 e. The summed E-state index contributed by atoms with van der Waals surface area (Å²) in [5.74, 6) is 0. The Morgan fingerprint density at radius 3 is 2.40 bits per heavy atom. The molecule has 0 atom stereocenters. The third-order valence-corrected chi connectivity index (χ3v) is 1.67. The van der Waals surface area contributed by atoms with Gasteiger partial charge < -0.3 is 0 Å². The highest BCUT2D eigenvalue weighted by atomic mass is 32.1. The van der Waals surface area contributed by atoms with Crippen molar-refractivity contribution in [1.82, 2.24) is 0 Å². The summed E-state index contributed by atoms with van der Waals surface area (Å²) in [7, 11) is 0. The van der Waals surface area contributed by atoms with Gasteiger partial charge in [-0.1, -0.05) is 30.3 Å². The predicted molar refractivity (Wildman–Crippen MR) is 48.1 cm³/mol. The molecule has 0 saturated carbocycles. The monoisotopic (exact) mass is 148 g/mol. The second-order valence-electron chi connectivity index (χ2n) is 2.09. The van der Waals surface area contributed by atoms with E-state index in [0.29, 0.717) is 0 Å². The van der Waals surface area contributed by atoms with Gasteiger partial charge >= 0.3 is 0 Å². The molecule has 0 unspecified atom stereocenters. The van der Waals surface area contributed by atoms with Crippen molar-refractivity contribution in [3.63, 3.8) is 0 Å². The standard InChI is InChI=1S/C9H8S/c1-8(7-10)9-5-3-2-4-6-9/h2-6H,1H3. The number of hydrogen-bond donors (Lipinski definition) is 0. The molecule has 0 aromatic heterocycles. The maximum absolute atomic E-state index is 4.67. The molecule has 1 rings (SSSR count). The zero-order valence-corrected chi connectivity index (χ0v) is 6.61. The summed E-state index contributed by atoms with van der Waals surface area (Å²) >= 11 is 4.67. The van der Waals surface area contributed by atoms with Gasteiger partial charge in [0, 0.05) is 5.57 Å². The van der Waals surface area contributed by atoms with Crippen molar-refractivity contribution in [3.05, 3.63) is 35.9 Å². The van der Waals surface area contributed by atoms with Crippen molar-refractivity contribution in [2.75, 3.05) is 0 Å². The quantitative estimate of drug-likeness (QED) is 0.552. The van der Waals surface area contributed by atoms with Crippen LogP contribution in [0, 0.1) is 0 Å². The van der Waals surface area contributed by atoms with Crippen LogP contribution in [-0.2, 0) is 0 Å². The fourth-order valence-corrected chi connectivity index (χ4v) is 0.865. The van der Waals surface area contributed by atoms with E-state index in [0.717, 1.165) is 11.1 Å². The third kappa shape index (κ3) is 1.53. The summed E-state index contributed by atoms with van der Waals surface area (Å²) < 4.78 is 0. The molecule has 1 heteroatoms. The van der Waals surface area contributed by atoms with Crippen molar-refractivity contribution in [2.24, 2.45) is 0 Å². The number of allylic oxidation sites excluding steroid dienone is 1. The lowest BCUT2D eigenvalue weighted by Gasteiger charge is -1.93. The molecule has 1 aromatic carbocycles. The second kappa shape index (κ2) is 3.31. The van der Waals surface area contributed by atoms with Gasteiger partial charge in [-0.05, 0) is 29.7 Å². The first-order valence-corrected chi connectivity index (χ1v) is 3.52. The largest absolute Gasteiger partial charge is 0.0622 e. The highest BCUT2D eigenvalue weighted by molar-refractivity contribution is 7.78. The van der Waals surface area contributed by atoms with Crippen molar-refractivity contribution in [2.45, 2.75) is 6.92 Å². The zero-order valence-electron chi connectivity index (χ0n) is 5.79. The van der Waals surface area contributed by atoms with Gasteiger partial charge in [-0.3, -0.25) is 0 Å². The van der Waals surface area contributed by atoms with E-state index in [2.05, 4.69) is 17.2 Å². The summed E-state index contributed by atoms with van der Waals surface area (Å²) in [6.07, 6.45) is 0.